The van der Waals surface area contributed by atoms with Crippen LogP contribution in [0.15, 0.2) is 48.6 Å². The zero-order valence-electron chi connectivity index (χ0n) is 13.8. The van der Waals surface area contributed by atoms with Crippen molar-refractivity contribution in [3.05, 3.63) is 59.1 Å². The number of nitrogens with zero attached hydrogens (tertiary/aromatic N) is 3. The second kappa shape index (κ2) is 6.94. The van der Waals surface area contributed by atoms with Crippen molar-refractivity contribution in [3.8, 4) is 11.4 Å². The van der Waals surface area contributed by atoms with Gasteiger partial charge < -0.3 is 9.47 Å². The Morgan fingerprint density at radius 2 is 1.96 bits per heavy atom. The first-order chi connectivity index (χ1) is 12.0. The maximum absolute atomic E-state index is 11.6. The van der Waals surface area contributed by atoms with Crippen LogP contribution in [0.2, 0.25) is 5.02 Å². The van der Waals surface area contributed by atoms with E-state index in [4.69, 9.17) is 21.1 Å². The number of benzene rings is 2. The lowest BCUT2D eigenvalue weighted by atomic mass is 10.2. The number of hydrogen-bond donors (Lipinski definition) is 0. The zero-order chi connectivity index (χ0) is 18.0. The molecular weight excluding hydrogens is 342 g/mol. The molecule has 0 unspecified atom stereocenters. The van der Waals surface area contributed by atoms with Gasteiger partial charge in [0.2, 0.25) is 0 Å². The van der Waals surface area contributed by atoms with Crippen molar-refractivity contribution >= 4 is 28.6 Å². The Hall–Kier alpha value is -2.86. The van der Waals surface area contributed by atoms with E-state index in [0.29, 0.717) is 27.5 Å². The lowest BCUT2D eigenvalue weighted by Crippen LogP contribution is -2.06. The molecule has 6 nitrogen and oxygen atoms in total. The minimum Gasteiger partial charge on any atom is -0.497 e. The normalized spacial score (nSPS) is 10.7. The molecule has 0 fully saturated rings. The monoisotopic (exact) mass is 357 g/mol. The van der Waals surface area contributed by atoms with Gasteiger partial charge in [0.15, 0.2) is 0 Å². The lowest BCUT2D eigenvalue weighted by molar-refractivity contribution is -0.140. The van der Waals surface area contributed by atoms with E-state index < -0.39 is 5.97 Å². The Kier molecular flexibility index (Phi) is 4.72. The molecule has 0 aliphatic heterocycles. The van der Waals surface area contributed by atoms with Gasteiger partial charge in [-0.2, -0.15) is 4.80 Å². The van der Waals surface area contributed by atoms with Crippen LogP contribution in [-0.2, 0) is 16.1 Å². The summed E-state index contributed by atoms with van der Waals surface area (Å²) in [6, 6.07) is 10.7. The standard InChI is InChI=1S/C18H16ClN3O3/c1-11(2)18(23)25-10-12-6-14(9-15(7-12)24-3)22-20-16-5-4-13(19)8-17(16)21-22/h4-9H,1,10H2,2-3H3. The molecule has 0 saturated heterocycles. The van der Waals surface area contributed by atoms with E-state index in [1.165, 1.54) is 4.80 Å². The molecule has 0 spiro atoms. The van der Waals surface area contributed by atoms with Crippen LogP contribution in [0.4, 0.5) is 0 Å². The molecule has 0 bridgehead atoms. The van der Waals surface area contributed by atoms with Gasteiger partial charge in [-0.3, -0.25) is 0 Å². The fourth-order valence-electron chi connectivity index (χ4n) is 2.24. The van der Waals surface area contributed by atoms with Crippen molar-refractivity contribution < 1.29 is 14.3 Å². The predicted octanol–water partition coefficient (Wildman–Crippen LogP) is 3.70. The summed E-state index contributed by atoms with van der Waals surface area (Å²) in [6.45, 7) is 5.26. The van der Waals surface area contributed by atoms with Crippen LogP contribution in [0.5, 0.6) is 5.75 Å². The van der Waals surface area contributed by atoms with E-state index in [-0.39, 0.29) is 6.61 Å². The molecule has 3 aromatic rings. The van der Waals surface area contributed by atoms with Gasteiger partial charge >= 0.3 is 5.97 Å². The van der Waals surface area contributed by atoms with Crippen LogP contribution >= 0.6 is 11.6 Å². The number of ether oxygens (including phenoxy) is 2. The van der Waals surface area contributed by atoms with Crippen LogP contribution in [-0.4, -0.2) is 28.1 Å². The summed E-state index contributed by atoms with van der Waals surface area (Å²) < 4.78 is 10.5. The molecule has 1 aromatic heterocycles. The molecule has 0 atom stereocenters. The second-order valence-corrected chi connectivity index (χ2v) is 5.95. The molecule has 1 heterocycles. The summed E-state index contributed by atoms with van der Waals surface area (Å²) in [5.74, 6) is 0.167. The molecule has 0 aliphatic carbocycles. The quantitative estimate of drug-likeness (QED) is 0.514. The highest BCUT2D eigenvalue weighted by atomic mass is 35.5. The van der Waals surface area contributed by atoms with Crippen molar-refractivity contribution in [3.63, 3.8) is 0 Å². The van der Waals surface area contributed by atoms with Crippen molar-refractivity contribution in [2.45, 2.75) is 13.5 Å². The van der Waals surface area contributed by atoms with E-state index in [9.17, 15) is 4.79 Å². The third-order valence-corrected chi connectivity index (χ3v) is 3.71. The zero-order valence-corrected chi connectivity index (χ0v) is 14.6. The smallest absolute Gasteiger partial charge is 0.333 e. The Morgan fingerprint density at radius 1 is 1.20 bits per heavy atom. The summed E-state index contributed by atoms with van der Waals surface area (Å²) in [6.07, 6.45) is 0. The average Bonchev–Trinajstić information content (AvgIpc) is 3.02. The van der Waals surface area contributed by atoms with Gasteiger partial charge in [0.1, 0.15) is 23.4 Å². The molecule has 3 rings (SSSR count). The minimum atomic E-state index is -0.443. The maximum atomic E-state index is 11.6. The van der Waals surface area contributed by atoms with Crippen LogP contribution < -0.4 is 4.74 Å². The topological polar surface area (TPSA) is 66.2 Å². The van der Waals surface area contributed by atoms with Gasteiger partial charge in [0, 0.05) is 16.7 Å². The third kappa shape index (κ3) is 3.80. The molecular formula is C18H16ClN3O3. The van der Waals surface area contributed by atoms with Crippen LogP contribution in [0.25, 0.3) is 16.7 Å². The minimum absolute atomic E-state index is 0.0997. The highest BCUT2D eigenvalue weighted by Gasteiger charge is 2.10. The van der Waals surface area contributed by atoms with E-state index in [1.807, 2.05) is 6.07 Å². The number of hydrogen-bond acceptors (Lipinski definition) is 5. The number of fused-ring (bicyclic) bond motifs is 1. The van der Waals surface area contributed by atoms with Gasteiger partial charge in [-0.25, -0.2) is 4.79 Å². The largest absolute Gasteiger partial charge is 0.497 e. The van der Waals surface area contributed by atoms with E-state index in [0.717, 1.165) is 11.1 Å². The number of carbonyl (C=O) groups is 1. The van der Waals surface area contributed by atoms with E-state index in [1.54, 1.807) is 44.4 Å². The summed E-state index contributed by atoms with van der Waals surface area (Å²) >= 11 is 5.99. The Morgan fingerprint density at radius 3 is 2.68 bits per heavy atom. The van der Waals surface area contributed by atoms with Crippen LogP contribution in [0.3, 0.4) is 0 Å². The van der Waals surface area contributed by atoms with Crippen molar-refractivity contribution in [2.24, 2.45) is 0 Å². The predicted molar refractivity (Wildman–Crippen MR) is 95.0 cm³/mol. The summed E-state index contributed by atoms with van der Waals surface area (Å²) in [4.78, 5) is 13.1. The Balaban J connectivity index is 1.95. The molecule has 0 N–H and O–H groups in total. The highest BCUT2D eigenvalue weighted by molar-refractivity contribution is 6.31. The van der Waals surface area contributed by atoms with Crippen molar-refractivity contribution in [2.75, 3.05) is 7.11 Å². The molecule has 2 aromatic carbocycles. The van der Waals surface area contributed by atoms with E-state index >= 15 is 0 Å². The maximum Gasteiger partial charge on any atom is 0.333 e. The Bertz CT molecular complexity index is 965. The molecule has 0 amide bonds. The lowest BCUT2D eigenvalue weighted by Gasteiger charge is -2.09. The average molecular weight is 358 g/mol. The van der Waals surface area contributed by atoms with Gasteiger partial charge in [-0.1, -0.05) is 18.2 Å². The third-order valence-electron chi connectivity index (χ3n) is 3.48. The van der Waals surface area contributed by atoms with Gasteiger partial charge in [-0.05, 0) is 42.8 Å². The SMILES string of the molecule is C=C(C)C(=O)OCc1cc(OC)cc(-n2nc3ccc(Cl)cc3n2)c1. The van der Waals surface area contributed by atoms with E-state index in [2.05, 4.69) is 16.8 Å². The van der Waals surface area contributed by atoms with Crippen LogP contribution in [0, 0.1) is 0 Å². The fraction of sp³-hybridized carbons (Fsp3) is 0.167. The molecule has 25 heavy (non-hydrogen) atoms. The molecule has 128 valence electrons. The number of rotatable bonds is 5. The van der Waals surface area contributed by atoms with Crippen molar-refractivity contribution in [1.29, 1.82) is 0 Å². The fourth-order valence-corrected chi connectivity index (χ4v) is 2.40. The summed E-state index contributed by atoms with van der Waals surface area (Å²) in [7, 11) is 1.57. The number of aromatic nitrogens is 3. The first kappa shape index (κ1) is 17.0. The Labute approximate surface area is 149 Å². The second-order valence-electron chi connectivity index (χ2n) is 5.52. The molecule has 0 aliphatic rings. The summed E-state index contributed by atoms with van der Waals surface area (Å²) in [5.41, 5.74) is 3.20. The first-order valence-electron chi connectivity index (χ1n) is 7.50. The highest BCUT2D eigenvalue weighted by Crippen LogP contribution is 2.22. The van der Waals surface area contributed by atoms with Gasteiger partial charge in [-0.15, -0.1) is 10.2 Å². The van der Waals surface area contributed by atoms with Crippen LogP contribution in [0.1, 0.15) is 12.5 Å². The van der Waals surface area contributed by atoms with Crippen molar-refractivity contribution in [1.82, 2.24) is 15.0 Å². The number of esters is 1. The number of carbonyl (C=O) groups excluding carboxylic acids is 1. The van der Waals surface area contributed by atoms with Gasteiger partial charge in [0.25, 0.3) is 0 Å². The number of halogens is 1. The first-order valence-corrected chi connectivity index (χ1v) is 7.87. The number of methoxy groups -OCH3 is 1. The molecule has 0 saturated carbocycles. The van der Waals surface area contributed by atoms with Gasteiger partial charge in [0.05, 0.1) is 12.8 Å². The molecule has 0 radical (unpaired) electrons. The summed E-state index contributed by atoms with van der Waals surface area (Å²) in [5, 5.41) is 9.46. The molecule has 7 heteroatoms.